The normalized spacial score (nSPS) is 10.4. The lowest BCUT2D eigenvalue weighted by Crippen LogP contribution is -2.23. The summed E-state index contributed by atoms with van der Waals surface area (Å²) < 4.78 is 6.70. The number of hydrogen-bond acceptors (Lipinski definition) is 2. The van der Waals surface area contributed by atoms with Gasteiger partial charge in [0.25, 0.3) is 0 Å². The van der Waals surface area contributed by atoms with Crippen LogP contribution in [0.1, 0.15) is 5.56 Å². The van der Waals surface area contributed by atoms with Gasteiger partial charge in [0.2, 0.25) is 0 Å². The van der Waals surface area contributed by atoms with E-state index in [2.05, 4.69) is 45.5 Å². The number of nitrogens with one attached hydrogen (secondary N) is 1. The lowest BCUT2D eigenvalue weighted by Gasteiger charge is -2.07. The summed E-state index contributed by atoms with van der Waals surface area (Å²) in [6.07, 6.45) is 1.05. The van der Waals surface area contributed by atoms with Crippen molar-refractivity contribution in [2.45, 2.75) is 6.42 Å². The van der Waals surface area contributed by atoms with Crippen LogP contribution in [0.15, 0.2) is 59.1 Å². The second kappa shape index (κ2) is 7.97. The van der Waals surface area contributed by atoms with Gasteiger partial charge in [0, 0.05) is 11.0 Å². The molecular weight excluding hydrogens is 302 g/mol. The van der Waals surface area contributed by atoms with Crippen molar-refractivity contribution >= 4 is 15.9 Å². The Morgan fingerprint density at radius 3 is 2.37 bits per heavy atom. The molecule has 0 amide bonds. The van der Waals surface area contributed by atoms with Crippen molar-refractivity contribution in [3.8, 4) is 5.75 Å². The molecule has 0 aliphatic carbocycles. The third-order valence-electron chi connectivity index (χ3n) is 2.79. The molecule has 100 valence electrons. The number of ether oxygens (including phenoxy) is 1. The second-order valence-electron chi connectivity index (χ2n) is 4.29. The molecule has 0 saturated carbocycles. The summed E-state index contributed by atoms with van der Waals surface area (Å²) in [5.74, 6) is 0.910. The van der Waals surface area contributed by atoms with Crippen LogP contribution in [0.3, 0.4) is 0 Å². The predicted octanol–water partition coefficient (Wildman–Crippen LogP) is 3.66. The summed E-state index contributed by atoms with van der Waals surface area (Å²) in [5, 5.41) is 3.38. The number of halogens is 1. The Labute approximate surface area is 122 Å². The summed E-state index contributed by atoms with van der Waals surface area (Å²) in [6, 6.07) is 18.4. The van der Waals surface area contributed by atoms with Crippen LogP contribution in [-0.4, -0.2) is 19.7 Å². The zero-order chi connectivity index (χ0) is 13.3. The fourth-order valence-electron chi connectivity index (χ4n) is 1.77. The van der Waals surface area contributed by atoms with Gasteiger partial charge < -0.3 is 10.1 Å². The minimum absolute atomic E-state index is 0.691. The third kappa shape index (κ3) is 5.45. The number of hydrogen-bond donors (Lipinski definition) is 1. The molecule has 0 bridgehead atoms. The van der Waals surface area contributed by atoms with Gasteiger partial charge in [0.05, 0.1) is 0 Å². The minimum Gasteiger partial charge on any atom is -0.492 e. The summed E-state index contributed by atoms with van der Waals surface area (Å²) in [7, 11) is 0. The van der Waals surface area contributed by atoms with Gasteiger partial charge in [0.15, 0.2) is 0 Å². The van der Waals surface area contributed by atoms with Gasteiger partial charge in [-0.1, -0.05) is 46.3 Å². The van der Waals surface area contributed by atoms with Gasteiger partial charge in [-0.05, 0) is 42.8 Å². The molecule has 2 aromatic carbocycles. The first-order valence-electron chi connectivity index (χ1n) is 6.47. The predicted molar refractivity (Wildman–Crippen MR) is 82.7 cm³/mol. The summed E-state index contributed by atoms with van der Waals surface area (Å²) in [5.41, 5.74) is 1.36. The van der Waals surface area contributed by atoms with Crippen molar-refractivity contribution < 1.29 is 4.74 Å². The van der Waals surface area contributed by atoms with Gasteiger partial charge in [0.1, 0.15) is 12.4 Å². The van der Waals surface area contributed by atoms with Crippen LogP contribution in [-0.2, 0) is 6.42 Å². The van der Waals surface area contributed by atoms with Crippen LogP contribution in [0.25, 0.3) is 0 Å². The van der Waals surface area contributed by atoms with Gasteiger partial charge in [-0.25, -0.2) is 0 Å². The van der Waals surface area contributed by atoms with Crippen molar-refractivity contribution in [1.29, 1.82) is 0 Å². The first-order chi connectivity index (χ1) is 9.34. The zero-order valence-electron chi connectivity index (χ0n) is 10.8. The quantitative estimate of drug-likeness (QED) is 0.786. The fraction of sp³-hybridized carbons (Fsp3) is 0.250. The highest BCUT2D eigenvalue weighted by atomic mass is 79.9. The highest BCUT2D eigenvalue weighted by Gasteiger charge is 1.94. The standard InChI is InChI=1S/C16H18BrNO/c17-15-6-8-16(9-7-15)19-13-12-18-11-10-14-4-2-1-3-5-14/h1-9,18H,10-13H2. The average Bonchev–Trinajstić information content (AvgIpc) is 2.46. The van der Waals surface area contributed by atoms with E-state index in [0.29, 0.717) is 6.61 Å². The van der Waals surface area contributed by atoms with Crippen molar-refractivity contribution in [1.82, 2.24) is 5.32 Å². The first-order valence-corrected chi connectivity index (χ1v) is 7.27. The van der Waals surface area contributed by atoms with E-state index in [1.807, 2.05) is 30.3 Å². The van der Waals surface area contributed by atoms with Crippen molar-refractivity contribution in [2.75, 3.05) is 19.7 Å². The Bertz CT molecular complexity index is 470. The second-order valence-corrected chi connectivity index (χ2v) is 5.20. The maximum Gasteiger partial charge on any atom is 0.119 e. The van der Waals surface area contributed by atoms with Crippen LogP contribution < -0.4 is 10.1 Å². The molecule has 0 fully saturated rings. The van der Waals surface area contributed by atoms with Crippen LogP contribution >= 0.6 is 15.9 Å². The number of rotatable bonds is 7. The minimum atomic E-state index is 0.691. The monoisotopic (exact) mass is 319 g/mol. The van der Waals surface area contributed by atoms with Crippen molar-refractivity contribution in [3.05, 3.63) is 64.6 Å². The molecule has 0 heterocycles. The van der Waals surface area contributed by atoms with E-state index >= 15 is 0 Å². The molecule has 0 atom stereocenters. The maximum absolute atomic E-state index is 5.63. The summed E-state index contributed by atoms with van der Waals surface area (Å²) in [6.45, 7) is 2.53. The highest BCUT2D eigenvalue weighted by molar-refractivity contribution is 9.10. The lowest BCUT2D eigenvalue weighted by molar-refractivity contribution is 0.314. The molecule has 2 aromatic rings. The summed E-state index contributed by atoms with van der Waals surface area (Å²) >= 11 is 3.40. The Kier molecular flexibility index (Phi) is 5.92. The average molecular weight is 320 g/mol. The summed E-state index contributed by atoms with van der Waals surface area (Å²) in [4.78, 5) is 0. The molecule has 0 unspecified atom stereocenters. The highest BCUT2D eigenvalue weighted by Crippen LogP contribution is 2.15. The molecule has 3 heteroatoms. The van der Waals surface area contributed by atoms with Crippen molar-refractivity contribution in [3.63, 3.8) is 0 Å². The van der Waals surface area contributed by atoms with E-state index in [1.54, 1.807) is 0 Å². The number of benzene rings is 2. The van der Waals surface area contributed by atoms with E-state index in [0.717, 1.165) is 29.7 Å². The topological polar surface area (TPSA) is 21.3 Å². The SMILES string of the molecule is Brc1ccc(OCCNCCc2ccccc2)cc1. The van der Waals surface area contributed by atoms with Gasteiger partial charge in [-0.2, -0.15) is 0 Å². The van der Waals surface area contributed by atoms with E-state index in [4.69, 9.17) is 4.74 Å². The maximum atomic E-state index is 5.63. The van der Waals surface area contributed by atoms with E-state index in [9.17, 15) is 0 Å². The van der Waals surface area contributed by atoms with Gasteiger partial charge in [-0.15, -0.1) is 0 Å². The molecule has 19 heavy (non-hydrogen) atoms. The van der Waals surface area contributed by atoms with Crippen LogP contribution in [0, 0.1) is 0 Å². The molecule has 0 aromatic heterocycles. The van der Waals surface area contributed by atoms with E-state index in [-0.39, 0.29) is 0 Å². The van der Waals surface area contributed by atoms with Gasteiger partial charge >= 0.3 is 0 Å². The molecule has 0 aliphatic rings. The smallest absolute Gasteiger partial charge is 0.119 e. The van der Waals surface area contributed by atoms with Crippen LogP contribution in [0.4, 0.5) is 0 Å². The zero-order valence-corrected chi connectivity index (χ0v) is 12.4. The molecule has 0 radical (unpaired) electrons. The molecule has 2 rings (SSSR count). The third-order valence-corrected chi connectivity index (χ3v) is 3.32. The lowest BCUT2D eigenvalue weighted by atomic mass is 10.1. The van der Waals surface area contributed by atoms with Crippen LogP contribution in [0.2, 0.25) is 0 Å². The molecule has 0 spiro atoms. The van der Waals surface area contributed by atoms with E-state index < -0.39 is 0 Å². The molecule has 2 nitrogen and oxygen atoms in total. The van der Waals surface area contributed by atoms with E-state index in [1.165, 1.54) is 5.56 Å². The first kappa shape index (κ1) is 14.1. The van der Waals surface area contributed by atoms with Gasteiger partial charge in [-0.3, -0.25) is 0 Å². The molecular formula is C16H18BrNO. The fourth-order valence-corrected chi connectivity index (χ4v) is 2.04. The molecule has 0 saturated heterocycles. The van der Waals surface area contributed by atoms with Crippen LogP contribution in [0.5, 0.6) is 5.75 Å². The Morgan fingerprint density at radius 1 is 0.895 bits per heavy atom. The molecule has 0 aliphatic heterocycles. The van der Waals surface area contributed by atoms with Crippen molar-refractivity contribution in [2.24, 2.45) is 0 Å². The molecule has 1 N–H and O–H groups in total. The Hall–Kier alpha value is -1.32. The Balaban J connectivity index is 1.56. The largest absolute Gasteiger partial charge is 0.492 e. The Morgan fingerprint density at radius 2 is 1.63 bits per heavy atom.